The van der Waals surface area contributed by atoms with Gasteiger partial charge in [-0.15, -0.1) is 10.2 Å². The Balaban J connectivity index is 1.24. The van der Waals surface area contributed by atoms with E-state index < -0.39 is 0 Å². The number of aliphatic hydroxyl groups excluding tert-OH is 1. The minimum atomic E-state index is -0.259. The number of carbonyl (C=O) groups is 1. The average molecular weight is 664 g/mol. The first kappa shape index (κ1) is 30.3. The zero-order valence-electron chi connectivity index (χ0n) is 26.8. The molecule has 2 saturated heterocycles. The zero-order chi connectivity index (χ0) is 33.3. The van der Waals surface area contributed by atoms with Crippen LogP contribution in [-0.2, 0) is 7.05 Å². The SMILES string of the molecule is Cc1cc2[nH]ncc2c(-c2c(-c3ccc4c(cnn4C)c3)nn(C(CCO)C3CC4CCC(C3)N4C(=O)n3cnnc3C#N)c2C)c1Cl. The maximum atomic E-state index is 13.6. The number of rotatable bonds is 6. The molecule has 13 nitrogen and oxygen atoms in total. The number of carbonyl (C=O) groups excluding carboxylic acids is 1. The Kier molecular flexibility index (Phi) is 7.30. The molecule has 2 N–H and O–H groups in total. The van der Waals surface area contributed by atoms with E-state index in [2.05, 4.69) is 55.3 Å². The third-order valence-corrected chi connectivity index (χ3v) is 10.9. The summed E-state index contributed by atoms with van der Waals surface area (Å²) in [5.74, 6) is 0.134. The Bertz CT molecular complexity index is 2240. The molecule has 0 radical (unpaired) electrons. The zero-order valence-corrected chi connectivity index (χ0v) is 27.6. The van der Waals surface area contributed by atoms with Crippen molar-refractivity contribution in [1.82, 2.24) is 49.4 Å². The molecular weight excluding hydrogens is 630 g/mol. The first-order chi connectivity index (χ1) is 23.3. The van der Waals surface area contributed by atoms with Crippen LogP contribution in [0.25, 0.3) is 44.2 Å². The lowest BCUT2D eigenvalue weighted by Crippen LogP contribution is -2.49. The van der Waals surface area contributed by atoms with Crippen molar-refractivity contribution in [3.05, 3.63) is 65.1 Å². The predicted octanol–water partition coefficient (Wildman–Crippen LogP) is 5.55. The van der Waals surface area contributed by atoms with Crippen molar-refractivity contribution in [2.45, 2.75) is 64.1 Å². The largest absolute Gasteiger partial charge is 0.396 e. The van der Waals surface area contributed by atoms with Crippen molar-refractivity contribution in [1.29, 1.82) is 5.26 Å². The second-order valence-electron chi connectivity index (χ2n) is 13.0. The summed E-state index contributed by atoms with van der Waals surface area (Å²) in [7, 11) is 1.93. The predicted molar refractivity (Wildman–Crippen MR) is 179 cm³/mol. The quantitative estimate of drug-likeness (QED) is 0.235. The number of aromatic nitrogens is 9. The molecule has 2 bridgehead atoms. The number of hydrogen-bond acceptors (Lipinski definition) is 8. The Morgan fingerprint density at radius 3 is 2.71 bits per heavy atom. The fourth-order valence-electron chi connectivity index (χ4n) is 8.21. The van der Waals surface area contributed by atoms with E-state index in [0.717, 1.165) is 81.1 Å². The summed E-state index contributed by atoms with van der Waals surface area (Å²) in [5.41, 5.74) is 7.31. The lowest BCUT2D eigenvalue weighted by atomic mass is 9.83. The van der Waals surface area contributed by atoms with E-state index >= 15 is 0 Å². The molecule has 2 fully saturated rings. The van der Waals surface area contributed by atoms with Gasteiger partial charge in [-0.2, -0.15) is 20.6 Å². The monoisotopic (exact) mass is 663 g/mol. The van der Waals surface area contributed by atoms with E-state index in [4.69, 9.17) is 16.7 Å². The third-order valence-electron chi connectivity index (χ3n) is 10.4. The molecule has 4 aromatic heterocycles. The summed E-state index contributed by atoms with van der Waals surface area (Å²) in [5, 5.41) is 47.3. The summed E-state index contributed by atoms with van der Waals surface area (Å²) in [6.07, 6.45) is 8.74. The molecule has 0 saturated carbocycles. The maximum absolute atomic E-state index is 13.6. The van der Waals surface area contributed by atoms with Gasteiger partial charge in [0, 0.05) is 58.9 Å². The summed E-state index contributed by atoms with van der Waals surface area (Å²) < 4.78 is 5.19. The molecule has 6 heterocycles. The fourth-order valence-corrected chi connectivity index (χ4v) is 8.46. The number of benzene rings is 2. The van der Waals surface area contributed by atoms with Crippen molar-refractivity contribution < 1.29 is 9.90 Å². The van der Waals surface area contributed by atoms with Crippen LogP contribution in [0.15, 0.2) is 43.0 Å². The van der Waals surface area contributed by atoms with Gasteiger partial charge in [-0.05, 0) is 75.6 Å². The smallest absolute Gasteiger partial charge is 0.332 e. The first-order valence-electron chi connectivity index (χ1n) is 16.2. The number of aromatic amines is 1. The highest BCUT2D eigenvalue weighted by molar-refractivity contribution is 6.36. The van der Waals surface area contributed by atoms with Gasteiger partial charge in [0.2, 0.25) is 5.82 Å². The number of aliphatic hydroxyl groups is 1. The van der Waals surface area contributed by atoms with E-state index in [0.29, 0.717) is 11.4 Å². The molecule has 48 heavy (non-hydrogen) atoms. The van der Waals surface area contributed by atoms with Crippen molar-refractivity contribution in [3.8, 4) is 28.5 Å². The van der Waals surface area contributed by atoms with Crippen LogP contribution in [0.4, 0.5) is 4.79 Å². The van der Waals surface area contributed by atoms with Crippen LogP contribution in [0.3, 0.4) is 0 Å². The highest BCUT2D eigenvalue weighted by Crippen LogP contribution is 2.48. The van der Waals surface area contributed by atoms with E-state index in [-0.39, 0.29) is 42.5 Å². The molecule has 3 unspecified atom stereocenters. The summed E-state index contributed by atoms with van der Waals surface area (Å²) in [4.78, 5) is 15.5. The van der Waals surface area contributed by atoms with Gasteiger partial charge in [0.05, 0.1) is 34.5 Å². The highest BCUT2D eigenvalue weighted by atomic mass is 35.5. The van der Waals surface area contributed by atoms with Crippen LogP contribution in [0.5, 0.6) is 0 Å². The van der Waals surface area contributed by atoms with E-state index in [9.17, 15) is 15.2 Å². The van der Waals surface area contributed by atoms with Gasteiger partial charge < -0.3 is 10.0 Å². The van der Waals surface area contributed by atoms with Gasteiger partial charge in [-0.1, -0.05) is 17.7 Å². The average Bonchev–Trinajstić information content (AvgIpc) is 3.92. The topological polar surface area (TPSA) is 159 Å². The number of amides is 1. The van der Waals surface area contributed by atoms with Crippen molar-refractivity contribution >= 4 is 39.4 Å². The van der Waals surface area contributed by atoms with Crippen molar-refractivity contribution in [2.75, 3.05) is 6.61 Å². The van der Waals surface area contributed by atoms with Gasteiger partial charge in [-0.25, -0.2) is 9.36 Å². The molecule has 2 aromatic carbocycles. The van der Waals surface area contributed by atoms with E-state index in [1.807, 2.05) is 48.1 Å². The third kappa shape index (κ3) is 4.62. The molecule has 8 rings (SSSR count). The number of nitrogens with zero attached hydrogens (tertiary/aromatic N) is 10. The number of nitrogens with one attached hydrogen (secondary N) is 1. The van der Waals surface area contributed by atoms with Crippen LogP contribution in [0, 0.1) is 31.1 Å². The molecule has 3 atom stereocenters. The molecule has 2 aliphatic heterocycles. The molecule has 244 valence electrons. The summed E-state index contributed by atoms with van der Waals surface area (Å²) in [6, 6.07) is 9.82. The van der Waals surface area contributed by atoms with Crippen LogP contribution < -0.4 is 0 Å². The summed E-state index contributed by atoms with van der Waals surface area (Å²) >= 11 is 7.15. The molecule has 14 heteroatoms. The number of piperidine rings is 1. The molecule has 1 amide bonds. The second kappa shape index (κ2) is 11.6. The van der Waals surface area contributed by atoms with Gasteiger partial charge >= 0.3 is 6.03 Å². The van der Waals surface area contributed by atoms with E-state index in [1.165, 1.54) is 10.9 Å². The van der Waals surface area contributed by atoms with Crippen LogP contribution in [0.1, 0.15) is 55.2 Å². The number of H-pyrrole nitrogens is 1. The van der Waals surface area contributed by atoms with Crippen molar-refractivity contribution in [2.24, 2.45) is 13.0 Å². The number of nitriles is 1. The van der Waals surface area contributed by atoms with Gasteiger partial charge in [0.25, 0.3) is 0 Å². The van der Waals surface area contributed by atoms with Gasteiger partial charge in [0.15, 0.2) is 0 Å². The molecular formula is C34H34ClN11O2. The Morgan fingerprint density at radius 2 is 1.96 bits per heavy atom. The number of fused-ring (bicyclic) bond motifs is 4. The lowest BCUT2D eigenvalue weighted by Gasteiger charge is -2.41. The molecule has 0 aliphatic carbocycles. The summed E-state index contributed by atoms with van der Waals surface area (Å²) in [6.45, 7) is 4.06. The standard InChI is InChI=1S/C34H34ClN11O2/c1-18-10-26-25(16-37-40-26)31(32(18)35)30-19(2)46(42-33(30)20-4-7-27-22(11-20)15-39-43(27)3)28(8-9-47)21-12-23-5-6-24(13-21)45(23)34(48)44-17-38-41-29(44)14-36/h4,7,10-11,15-17,21,23-24,28,47H,5-6,8-9,12-13H2,1-3H3,(H,37,40). The maximum Gasteiger partial charge on any atom is 0.332 e. The normalized spacial score (nSPS) is 19.8. The molecule has 6 aromatic rings. The van der Waals surface area contributed by atoms with Gasteiger partial charge in [-0.3, -0.25) is 14.5 Å². The van der Waals surface area contributed by atoms with Crippen molar-refractivity contribution in [3.63, 3.8) is 0 Å². The number of hydrogen-bond donors (Lipinski definition) is 2. The Hall–Kier alpha value is -5.06. The Labute approximate surface area is 280 Å². The first-order valence-corrected chi connectivity index (χ1v) is 16.5. The second-order valence-corrected chi connectivity index (χ2v) is 13.4. The lowest BCUT2D eigenvalue weighted by molar-refractivity contribution is 0.0889. The van der Waals surface area contributed by atoms with E-state index in [1.54, 1.807) is 0 Å². The minimum Gasteiger partial charge on any atom is -0.396 e. The minimum absolute atomic E-state index is 0.00375. The van der Waals surface area contributed by atoms with Crippen LogP contribution in [0.2, 0.25) is 5.02 Å². The van der Waals surface area contributed by atoms with Crippen LogP contribution >= 0.6 is 11.6 Å². The Morgan fingerprint density at radius 1 is 1.17 bits per heavy atom. The fraction of sp³-hybridized carbons (Fsp3) is 0.382. The van der Waals surface area contributed by atoms with Gasteiger partial charge in [0.1, 0.15) is 18.1 Å². The van der Waals surface area contributed by atoms with Crippen LogP contribution in [-0.4, -0.2) is 79.3 Å². The highest BCUT2D eigenvalue weighted by Gasteiger charge is 2.46. The number of halogens is 1. The molecule has 0 spiro atoms. The molecule has 2 aliphatic rings. The number of aryl methyl sites for hydroxylation is 2.